The quantitative estimate of drug-likeness (QED) is 0.712. The Morgan fingerprint density at radius 3 is 2.76 bits per heavy atom. The van der Waals surface area contributed by atoms with Crippen molar-refractivity contribution < 1.29 is 0 Å². The zero-order valence-electron chi connectivity index (χ0n) is 9.75. The van der Waals surface area contributed by atoms with Gasteiger partial charge in [-0.3, -0.25) is 4.99 Å². The first-order valence-corrected chi connectivity index (χ1v) is 5.84. The van der Waals surface area contributed by atoms with Crippen LogP contribution < -0.4 is 0 Å². The fraction of sp³-hybridized carbons (Fsp3) is 0.133. The van der Waals surface area contributed by atoms with E-state index in [1.165, 1.54) is 11.3 Å². The summed E-state index contributed by atoms with van der Waals surface area (Å²) in [6, 6.07) is 10.7. The molecule has 0 bridgehead atoms. The van der Waals surface area contributed by atoms with Crippen molar-refractivity contribution in [1.82, 2.24) is 4.90 Å². The molecule has 0 fully saturated rings. The predicted molar refractivity (Wildman–Crippen MR) is 71.4 cm³/mol. The first kappa shape index (κ1) is 10.1. The van der Waals surface area contributed by atoms with Crippen LogP contribution in [0.15, 0.2) is 65.8 Å². The van der Waals surface area contributed by atoms with Crippen LogP contribution in [-0.4, -0.2) is 16.8 Å². The van der Waals surface area contributed by atoms with Gasteiger partial charge in [0.15, 0.2) is 0 Å². The second-order valence-corrected chi connectivity index (χ2v) is 4.22. The first-order chi connectivity index (χ1) is 8.34. The van der Waals surface area contributed by atoms with Gasteiger partial charge in [0, 0.05) is 6.20 Å². The van der Waals surface area contributed by atoms with Gasteiger partial charge >= 0.3 is 0 Å². The van der Waals surface area contributed by atoms with Crippen LogP contribution in [0.5, 0.6) is 0 Å². The van der Waals surface area contributed by atoms with E-state index in [1.807, 2.05) is 24.3 Å². The molecule has 0 saturated carbocycles. The summed E-state index contributed by atoms with van der Waals surface area (Å²) in [5.41, 5.74) is 2.44. The smallest absolute Gasteiger partial charge is 0.132 e. The van der Waals surface area contributed by atoms with Crippen molar-refractivity contribution in [3.05, 3.63) is 66.4 Å². The molecule has 2 heteroatoms. The Kier molecular flexibility index (Phi) is 2.41. The van der Waals surface area contributed by atoms with Crippen LogP contribution in [0.2, 0.25) is 0 Å². The number of allylic oxidation sites excluding steroid dienone is 2. The SMILES string of the molecule is CC1C=C(c2ccccc2)N2C=CC=CC2=N1. The van der Waals surface area contributed by atoms with Crippen LogP contribution in [0.4, 0.5) is 0 Å². The van der Waals surface area contributed by atoms with Gasteiger partial charge in [-0.1, -0.05) is 36.4 Å². The molecule has 0 N–H and O–H groups in total. The molecule has 1 aromatic carbocycles. The molecule has 2 heterocycles. The van der Waals surface area contributed by atoms with E-state index in [2.05, 4.69) is 53.4 Å². The van der Waals surface area contributed by atoms with E-state index in [-0.39, 0.29) is 6.04 Å². The molecule has 1 atom stereocenters. The predicted octanol–water partition coefficient (Wildman–Crippen LogP) is 3.21. The van der Waals surface area contributed by atoms with E-state index in [4.69, 9.17) is 0 Å². The third kappa shape index (κ3) is 1.82. The average molecular weight is 222 g/mol. The molecule has 84 valence electrons. The van der Waals surface area contributed by atoms with E-state index < -0.39 is 0 Å². The van der Waals surface area contributed by atoms with Gasteiger partial charge in [0.25, 0.3) is 0 Å². The maximum Gasteiger partial charge on any atom is 0.132 e. The highest BCUT2D eigenvalue weighted by molar-refractivity contribution is 6.02. The molecular weight excluding hydrogens is 208 g/mol. The highest BCUT2D eigenvalue weighted by Crippen LogP contribution is 2.26. The Morgan fingerprint density at radius 1 is 1.12 bits per heavy atom. The lowest BCUT2D eigenvalue weighted by Crippen LogP contribution is -2.29. The van der Waals surface area contributed by atoms with Crippen molar-refractivity contribution in [2.24, 2.45) is 4.99 Å². The van der Waals surface area contributed by atoms with Gasteiger partial charge in [-0.15, -0.1) is 0 Å². The maximum absolute atomic E-state index is 4.61. The Balaban J connectivity index is 2.05. The molecule has 2 aliphatic rings. The lowest BCUT2D eigenvalue weighted by atomic mass is 10.1. The van der Waals surface area contributed by atoms with Gasteiger partial charge in [-0.2, -0.15) is 0 Å². The maximum atomic E-state index is 4.61. The van der Waals surface area contributed by atoms with E-state index in [0.29, 0.717) is 0 Å². The lowest BCUT2D eigenvalue weighted by molar-refractivity contribution is 0.730. The Bertz CT molecular complexity index is 535. The molecule has 2 aliphatic heterocycles. The summed E-state index contributed by atoms with van der Waals surface area (Å²) in [5, 5.41) is 0. The monoisotopic (exact) mass is 222 g/mol. The molecule has 0 aliphatic carbocycles. The van der Waals surface area contributed by atoms with Crippen molar-refractivity contribution in [2.75, 3.05) is 0 Å². The number of fused-ring (bicyclic) bond motifs is 1. The van der Waals surface area contributed by atoms with Gasteiger partial charge in [0.1, 0.15) is 5.84 Å². The summed E-state index contributed by atoms with van der Waals surface area (Å²) in [5.74, 6) is 1.02. The molecule has 1 unspecified atom stereocenters. The second kappa shape index (κ2) is 4.06. The number of amidine groups is 1. The minimum atomic E-state index is 0.229. The third-order valence-electron chi connectivity index (χ3n) is 2.90. The summed E-state index contributed by atoms with van der Waals surface area (Å²) in [7, 11) is 0. The van der Waals surface area contributed by atoms with E-state index in [1.54, 1.807) is 0 Å². The molecule has 0 aromatic heterocycles. The van der Waals surface area contributed by atoms with E-state index >= 15 is 0 Å². The zero-order chi connectivity index (χ0) is 11.7. The van der Waals surface area contributed by atoms with Crippen LogP contribution in [0.25, 0.3) is 5.70 Å². The molecule has 0 radical (unpaired) electrons. The minimum Gasteiger partial charge on any atom is -0.302 e. The highest BCUT2D eigenvalue weighted by Gasteiger charge is 2.20. The number of hydrogen-bond acceptors (Lipinski definition) is 2. The lowest BCUT2D eigenvalue weighted by Gasteiger charge is -2.30. The van der Waals surface area contributed by atoms with Crippen LogP contribution in [0.1, 0.15) is 12.5 Å². The van der Waals surface area contributed by atoms with Crippen molar-refractivity contribution in [3.8, 4) is 0 Å². The number of benzene rings is 1. The fourth-order valence-electron chi connectivity index (χ4n) is 2.14. The third-order valence-corrected chi connectivity index (χ3v) is 2.90. The van der Waals surface area contributed by atoms with Crippen molar-refractivity contribution in [3.63, 3.8) is 0 Å². The van der Waals surface area contributed by atoms with Gasteiger partial charge in [-0.05, 0) is 30.7 Å². The molecule has 0 amide bonds. The largest absolute Gasteiger partial charge is 0.302 e. The molecule has 17 heavy (non-hydrogen) atoms. The number of aliphatic imine (C=N–C) groups is 1. The Hall–Kier alpha value is -2.09. The summed E-state index contributed by atoms with van der Waals surface area (Å²) in [4.78, 5) is 6.74. The Morgan fingerprint density at radius 2 is 1.94 bits per heavy atom. The molecule has 0 saturated heterocycles. The number of hydrogen-bond donors (Lipinski definition) is 0. The van der Waals surface area contributed by atoms with E-state index in [9.17, 15) is 0 Å². The highest BCUT2D eigenvalue weighted by atomic mass is 15.2. The summed E-state index contributed by atoms with van der Waals surface area (Å²) in [6.07, 6.45) is 10.4. The molecule has 3 rings (SSSR count). The van der Waals surface area contributed by atoms with Crippen molar-refractivity contribution in [1.29, 1.82) is 0 Å². The van der Waals surface area contributed by atoms with Crippen LogP contribution in [-0.2, 0) is 0 Å². The molecule has 0 spiro atoms. The van der Waals surface area contributed by atoms with Gasteiger partial charge in [0.05, 0.1) is 11.7 Å². The van der Waals surface area contributed by atoms with Crippen LogP contribution >= 0.6 is 0 Å². The zero-order valence-corrected chi connectivity index (χ0v) is 9.75. The second-order valence-electron chi connectivity index (χ2n) is 4.22. The molecule has 1 aromatic rings. The van der Waals surface area contributed by atoms with Crippen molar-refractivity contribution in [2.45, 2.75) is 13.0 Å². The fourth-order valence-corrected chi connectivity index (χ4v) is 2.14. The summed E-state index contributed by atoms with van der Waals surface area (Å²) >= 11 is 0. The van der Waals surface area contributed by atoms with Gasteiger partial charge in [-0.25, -0.2) is 0 Å². The number of rotatable bonds is 1. The van der Waals surface area contributed by atoms with E-state index in [0.717, 1.165) is 5.84 Å². The normalized spacial score (nSPS) is 21.9. The first-order valence-electron chi connectivity index (χ1n) is 5.84. The standard InChI is InChI=1S/C15H14N2/c1-12-11-14(13-7-3-2-4-8-13)17-10-6-5-9-15(17)16-12/h2-12H,1H3. The van der Waals surface area contributed by atoms with Gasteiger partial charge < -0.3 is 4.90 Å². The van der Waals surface area contributed by atoms with Crippen molar-refractivity contribution >= 4 is 11.5 Å². The summed E-state index contributed by atoms with van der Waals surface area (Å²) < 4.78 is 0. The minimum absolute atomic E-state index is 0.229. The number of nitrogens with zero attached hydrogens (tertiary/aromatic N) is 2. The Labute approximate surface area is 101 Å². The van der Waals surface area contributed by atoms with Gasteiger partial charge in [0.2, 0.25) is 0 Å². The molecule has 2 nitrogen and oxygen atoms in total. The average Bonchev–Trinajstić information content (AvgIpc) is 2.39. The molecular formula is C15H14N2. The van der Waals surface area contributed by atoms with Crippen LogP contribution in [0, 0.1) is 0 Å². The topological polar surface area (TPSA) is 15.6 Å². The summed E-state index contributed by atoms with van der Waals surface area (Å²) in [6.45, 7) is 2.11. The van der Waals surface area contributed by atoms with Crippen LogP contribution in [0.3, 0.4) is 0 Å².